The van der Waals surface area contributed by atoms with Crippen LogP contribution in [0.2, 0.25) is 0 Å². The molecular weight excluding hydrogens is 311 g/mol. The van der Waals surface area contributed by atoms with Gasteiger partial charge < -0.3 is 20.5 Å². The number of hydrogen-bond acceptors (Lipinski definition) is 3. The van der Waals surface area contributed by atoms with Crippen molar-refractivity contribution < 1.29 is 19.0 Å². The monoisotopic (exact) mass is 332 g/mol. The van der Waals surface area contributed by atoms with Gasteiger partial charge in [0.2, 0.25) is 0 Å². The zero-order valence-corrected chi connectivity index (χ0v) is 13.6. The molecule has 2 aromatic rings. The number of amides is 2. The number of urea groups is 1. The molecule has 1 atom stereocenters. The smallest absolute Gasteiger partial charge is 0.319 e. The van der Waals surface area contributed by atoms with Crippen LogP contribution >= 0.6 is 0 Å². The van der Waals surface area contributed by atoms with E-state index in [2.05, 4.69) is 10.6 Å². The molecular formula is C18H21FN2O3. The van der Waals surface area contributed by atoms with Gasteiger partial charge in [0.05, 0.1) is 12.2 Å². The summed E-state index contributed by atoms with van der Waals surface area (Å²) in [6.45, 7) is 3.88. The van der Waals surface area contributed by atoms with Gasteiger partial charge in [0.1, 0.15) is 11.6 Å². The Bertz CT molecular complexity index is 674. The summed E-state index contributed by atoms with van der Waals surface area (Å²) in [6, 6.07) is 12.0. The first-order valence-corrected chi connectivity index (χ1v) is 7.69. The van der Waals surface area contributed by atoms with Crippen molar-refractivity contribution in [1.29, 1.82) is 0 Å². The Morgan fingerprint density at radius 2 is 1.92 bits per heavy atom. The molecule has 128 valence electrons. The molecule has 3 N–H and O–H groups in total. The van der Waals surface area contributed by atoms with Crippen molar-refractivity contribution in [3.63, 3.8) is 0 Å². The number of rotatable bonds is 6. The van der Waals surface area contributed by atoms with Gasteiger partial charge in [-0.25, -0.2) is 9.18 Å². The summed E-state index contributed by atoms with van der Waals surface area (Å²) in [4.78, 5) is 11.8. The Labute approximate surface area is 140 Å². The van der Waals surface area contributed by atoms with E-state index in [0.29, 0.717) is 17.0 Å². The van der Waals surface area contributed by atoms with Crippen molar-refractivity contribution in [3.8, 4) is 5.75 Å². The number of ether oxygens (including phenoxy) is 1. The van der Waals surface area contributed by atoms with Crippen molar-refractivity contribution in [1.82, 2.24) is 5.32 Å². The quantitative estimate of drug-likeness (QED) is 0.758. The number of benzene rings is 2. The van der Waals surface area contributed by atoms with Gasteiger partial charge in [-0.1, -0.05) is 12.1 Å². The van der Waals surface area contributed by atoms with Crippen LogP contribution in [-0.2, 0) is 0 Å². The summed E-state index contributed by atoms with van der Waals surface area (Å²) < 4.78 is 18.4. The molecule has 0 aromatic heterocycles. The van der Waals surface area contributed by atoms with E-state index in [1.807, 2.05) is 19.9 Å². The fourth-order valence-corrected chi connectivity index (χ4v) is 2.08. The first-order valence-electron chi connectivity index (χ1n) is 7.69. The van der Waals surface area contributed by atoms with Crippen molar-refractivity contribution >= 4 is 11.7 Å². The van der Waals surface area contributed by atoms with Crippen LogP contribution in [0.5, 0.6) is 5.75 Å². The van der Waals surface area contributed by atoms with Crippen LogP contribution in [0.25, 0.3) is 0 Å². The van der Waals surface area contributed by atoms with Gasteiger partial charge in [0, 0.05) is 12.2 Å². The SMILES string of the molecule is CC(C)Oc1cccc(C(O)CNC(=O)Nc2ccc(F)cc2)c1. The second-order valence-electron chi connectivity index (χ2n) is 5.60. The molecule has 0 spiro atoms. The Morgan fingerprint density at radius 1 is 1.21 bits per heavy atom. The molecule has 0 aliphatic heterocycles. The van der Waals surface area contributed by atoms with Crippen LogP contribution in [0, 0.1) is 5.82 Å². The maximum Gasteiger partial charge on any atom is 0.319 e. The lowest BCUT2D eigenvalue weighted by atomic mass is 10.1. The van der Waals surface area contributed by atoms with Crippen molar-refractivity contribution in [2.24, 2.45) is 0 Å². The van der Waals surface area contributed by atoms with Crippen LogP contribution in [-0.4, -0.2) is 23.8 Å². The van der Waals surface area contributed by atoms with Crippen molar-refractivity contribution in [2.45, 2.75) is 26.1 Å². The van der Waals surface area contributed by atoms with Gasteiger partial charge in [-0.3, -0.25) is 0 Å². The van der Waals surface area contributed by atoms with Crippen LogP contribution < -0.4 is 15.4 Å². The maximum atomic E-state index is 12.8. The first kappa shape index (κ1) is 17.7. The summed E-state index contributed by atoms with van der Waals surface area (Å²) in [5, 5.41) is 15.3. The van der Waals surface area contributed by atoms with E-state index in [9.17, 15) is 14.3 Å². The second kappa shape index (κ2) is 8.31. The second-order valence-corrected chi connectivity index (χ2v) is 5.60. The fourth-order valence-electron chi connectivity index (χ4n) is 2.08. The van der Waals surface area contributed by atoms with E-state index >= 15 is 0 Å². The van der Waals surface area contributed by atoms with Gasteiger partial charge in [-0.05, 0) is 55.8 Å². The van der Waals surface area contributed by atoms with Gasteiger partial charge in [-0.2, -0.15) is 0 Å². The van der Waals surface area contributed by atoms with E-state index in [1.54, 1.807) is 18.2 Å². The summed E-state index contributed by atoms with van der Waals surface area (Å²) in [6.07, 6.45) is -0.823. The molecule has 0 fully saturated rings. The number of nitrogens with one attached hydrogen (secondary N) is 2. The van der Waals surface area contributed by atoms with Crippen LogP contribution in [0.4, 0.5) is 14.9 Å². The molecule has 0 radical (unpaired) electrons. The molecule has 0 heterocycles. The molecule has 1 unspecified atom stereocenters. The lowest BCUT2D eigenvalue weighted by Gasteiger charge is -2.15. The number of carbonyl (C=O) groups is 1. The number of carbonyl (C=O) groups excluding carboxylic acids is 1. The average molecular weight is 332 g/mol. The zero-order chi connectivity index (χ0) is 17.5. The molecule has 2 aromatic carbocycles. The average Bonchev–Trinajstić information content (AvgIpc) is 2.54. The third-order valence-corrected chi connectivity index (χ3v) is 3.17. The molecule has 0 saturated heterocycles. The van der Waals surface area contributed by atoms with Gasteiger partial charge in [-0.15, -0.1) is 0 Å². The van der Waals surface area contributed by atoms with E-state index < -0.39 is 12.1 Å². The molecule has 2 rings (SSSR count). The zero-order valence-electron chi connectivity index (χ0n) is 13.6. The van der Waals surface area contributed by atoms with Crippen LogP contribution in [0.15, 0.2) is 48.5 Å². The molecule has 0 bridgehead atoms. The molecule has 2 amide bonds. The third kappa shape index (κ3) is 5.55. The lowest BCUT2D eigenvalue weighted by Crippen LogP contribution is -2.32. The summed E-state index contributed by atoms with van der Waals surface area (Å²) >= 11 is 0. The minimum atomic E-state index is -0.861. The van der Waals surface area contributed by atoms with Crippen molar-refractivity contribution in [3.05, 3.63) is 59.9 Å². The predicted octanol–water partition coefficient (Wildman–Crippen LogP) is 3.47. The number of aliphatic hydroxyl groups excluding tert-OH is 1. The number of hydrogen-bond donors (Lipinski definition) is 3. The molecule has 0 aliphatic rings. The highest BCUT2D eigenvalue weighted by molar-refractivity contribution is 5.89. The van der Waals surface area contributed by atoms with Gasteiger partial charge in [0.15, 0.2) is 0 Å². The normalized spacial score (nSPS) is 11.9. The lowest BCUT2D eigenvalue weighted by molar-refractivity contribution is 0.174. The largest absolute Gasteiger partial charge is 0.491 e. The maximum absolute atomic E-state index is 12.8. The molecule has 6 heteroatoms. The van der Waals surface area contributed by atoms with E-state index in [0.717, 1.165) is 0 Å². The van der Waals surface area contributed by atoms with E-state index in [1.165, 1.54) is 24.3 Å². The van der Waals surface area contributed by atoms with Gasteiger partial charge >= 0.3 is 6.03 Å². The topological polar surface area (TPSA) is 70.6 Å². The van der Waals surface area contributed by atoms with Gasteiger partial charge in [0.25, 0.3) is 0 Å². The Kier molecular flexibility index (Phi) is 6.14. The fraction of sp³-hybridized carbons (Fsp3) is 0.278. The highest BCUT2D eigenvalue weighted by Crippen LogP contribution is 2.20. The highest BCUT2D eigenvalue weighted by atomic mass is 19.1. The number of aliphatic hydroxyl groups is 1. The van der Waals surface area contributed by atoms with Crippen LogP contribution in [0.3, 0.4) is 0 Å². The van der Waals surface area contributed by atoms with E-state index in [4.69, 9.17) is 4.74 Å². The predicted molar refractivity (Wildman–Crippen MR) is 90.6 cm³/mol. The van der Waals surface area contributed by atoms with Crippen LogP contribution in [0.1, 0.15) is 25.5 Å². The van der Waals surface area contributed by atoms with E-state index in [-0.39, 0.29) is 18.5 Å². The highest BCUT2D eigenvalue weighted by Gasteiger charge is 2.11. The number of halogens is 1. The summed E-state index contributed by atoms with van der Waals surface area (Å²) in [5.41, 5.74) is 1.12. The Hall–Kier alpha value is -2.60. The van der Waals surface area contributed by atoms with Crippen molar-refractivity contribution in [2.75, 3.05) is 11.9 Å². The minimum Gasteiger partial charge on any atom is -0.491 e. The summed E-state index contributed by atoms with van der Waals surface area (Å²) in [5.74, 6) is 0.289. The number of anilines is 1. The first-order chi connectivity index (χ1) is 11.4. The Morgan fingerprint density at radius 3 is 2.58 bits per heavy atom. The molecule has 0 aliphatic carbocycles. The minimum absolute atomic E-state index is 0.0389. The molecule has 5 nitrogen and oxygen atoms in total. The summed E-state index contributed by atoms with van der Waals surface area (Å²) in [7, 11) is 0. The molecule has 0 saturated carbocycles. The standard InChI is InChI=1S/C18H21FN2O3/c1-12(2)24-16-5-3-4-13(10-16)17(22)11-20-18(23)21-15-8-6-14(19)7-9-15/h3-10,12,17,22H,11H2,1-2H3,(H2,20,21,23). The molecule has 24 heavy (non-hydrogen) atoms. The third-order valence-electron chi connectivity index (χ3n) is 3.17. The Balaban J connectivity index is 1.86.